The van der Waals surface area contributed by atoms with Crippen molar-refractivity contribution in [2.75, 3.05) is 0 Å². The fourth-order valence-electron chi connectivity index (χ4n) is 1.88. The molecule has 0 saturated carbocycles. The van der Waals surface area contributed by atoms with Gasteiger partial charge >= 0.3 is 5.97 Å². The van der Waals surface area contributed by atoms with Gasteiger partial charge in [0.2, 0.25) is 10.0 Å². The lowest BCUT2D eigenvalue weighted by molar-refractivity contribution is 0.0685. The molecule has 0 aliphatic carbocycles. The van der Waals surface area contributed by atoms with Crippen LogP contribution in [-0.2, 0) is 30.2 Å². The molecule has 2 heterocycles. The second kappa shape index (κ2) is 5.70. The van der Waals surface area contributed by atoms with E-state index in [2.05, 4.69) is 9.82 Å². The van der Waals surface area contributed by atoms with E-state index in [1.165, 1.54) is 10.8 Å². The number of carbonyl (C=O) groups is 1. The molecule has 0 aromatic carbocycles. The maximum atomic E-state index is 12.2. The highest BCUT2D eigenvalue weighted by Gasteiger charge is 2.20. The smallest absolute Gasteiger partial charge is 0.352 e. The van der Waals surface area contributed by atoms with Crippen LogP contribution in [0.25, 0.3) is 0 Å². The van der Waals surface area contributed by atoms with Crippen LogP contribution in [0.1, 0.15) is 23.1 Å². The first-order chi connectivity index (χ1) is 9.83. The van der Waals surface area contributed by atoms with E-state index in [9.17, 15) is 13.2 Å². The van der Waals surface area contributed by atoms with Crippen molar-refractivity contribution in [1.82, 2.24) is 19.1 Å². The third-order valence-electron chi connectivity index (χ3n) is 2.95. The molecule has 0 amide bonds. The minimum atomic E-state index is -3.78. The van der Waals surface area contributed by atoms with Crippen molar-refractivity contribution in [3.8, 4) is 0 Å². The Morgan fingerprint density at radius 3 is 2.67 bits per heavy atom. The summed E-state index contributed by atoms with van der Waals surface area (Å²) in [7, 11) is -2.04. The van der Waals surface area contributed by atoms with Gasteiger partial charge in [-0.1, -0.05) is 0 Å². The summed E-state index contributed by atoms with van der Waals surface area (Å²) < 4.78 is 29.7. The zero-order chi connectivity index (χ0) is 15.6. The van der Waals surface area contributed by atoms with E-state index in [0.717, 1.165) is 6.07 Å². The van der Waals surface area contributed by atoms with Gasteiger partial charge in [-0.15, -0.1) is 0 Å². The summed E-state index contributed by atoms with van der Waals surface area (Å²) in [5.74, 6) is -1.16. The largest absolute Gasteiger partial charge is 0.477 e. The summed E-state index contributed by atoms with van der Waals surface area (Å²) in [6, 6.07) is 2.84. The standard InChI is InChI=1S/C12H16N4O4S/c1-3-16-8-10(6-11(16)12(17)18)21(19,20)13-7-9-4-5-15(2)14-9/h4-6,8,13H,3,7H2,1-2H3,(H,17,18). The van der Waals surface area contributed by atoms with Crippen molar-refractivity contribution >= 4 is 16.0 Å². The van der Waals surface area contributed by atoms with E-state index < -0.39 is 16.0 Å². The van der Waals surface area contributed by atoms with E-state index in [0.29, 0.717) is 12.2 Å². The van der Waals surface area contributed by atoms with Crippen molar-refractivity contribution in [3.63, 3.8) is 0 Å². The molecule has 0 spiro atoms. The van der Waals surface area contributed by atoms with Gasteiger partial charge in [0.05, 0.1) is 12.2 Å². The van der Waals surface area contributed by atoms with Crippen LogP contribution in [0.2, 0.25) is 0 Å². The molecule has 2 aromatic rings. The highest BCUT2D eigenvalue weighted by molar-refractivity contribution is 7.89. The van der Waals surface area contributed by atoms with Crippen molar-refractivity contribution in [2.24, 2.45) is 7.05 Å². The van der Waals surface area contributed by atoms with Gasteiger partial charge in [-0.2, -0.15) is 5.10 Å². The number of nitrogens with zero attached hydrogens (tertiary/aromatic N) is 3. The monoisotopic (exact) mass is 312 g/mol. The molecule has 0 bridgehead atoms. The molecule has 2 aromatic heterocycles. The van der Waals surface area contributed by atoms with Crippen molar-refractivity contribution in [2.45, 2.75) is 24.9 Å². The number of hydrogen-bond acceptors (Lipinski definition) is 4. The Morgan fingerprint density at radius 1 is 1.48 bits per heavy atom. The van der Waals surface area contributed by atoms with E-state index in [1.807, 2.05) is 0 Å². The van der Waals surface area contributed by atoms with Crippen molar-refractivity contribution < 1.29 is 18.3 Å². The van der Waals surface area contributed by atoms with Crippen LogP contribution in [0.15, 0.2) is 29.4 Å². The predicted molar refractivity (Wildman–Crippen MR) is 74.3 cm³/mol. The van der Waals surface area contributed by atoms with Crippen LogP contribution >= 0.6 is 0 Å². The zero-order valence-electron chi connectivity index (χ0n) is 11.6. The lowest BCUT2D eigenvalue weighted by atomic mass is 10.4. The van der Waals surface area contributed by atoms with Crippen LogP contribution in [-0.4, -0.2) is 33.8 Å². The van der Waals surface area contributed by atoms with Crippen LogP contribution in [0.5, 0.6) is 0 Å². The molecule has 8 nitrogen and oxygen atoms in total. The second-order valence-corrected chi connectivity index (χ2v) is 6.22. The topological polar surface area (TPSA) is 106 Å². The van der Waals surface area contributed by atoms with Crippen LogP contribution < -0.4 is 4.72 Å². The number of aromatic carboxylic acids is 1. The predicted octanol–water partition coefficient (Wildman–Crippen LogP) is 0.418. The Labute approximate surface area is 122 Å². The van der Waals surface area contributed by atoms with E-state index in [1.54, 1.807) is 30.9 Å². The first-order valence-corrected chi connectivity index (χ1v) is 7.73. The number of sulfonamides is 1. The molecule has 0 aliphatic rings. The molecule has 0 saturated heterocycles. The molecule has 0 radical (unpaired) electrons. The summed E-state index contributed by atoms with van der Waals surface area (Å²) >= 11 is 0. The molecule has 0 unspecified atom stereocenters. The summed E-state index contributed by atoms with van der Waals surface area (Å²) in [5, 5.41) is 13.1. The Hall–Kier alpha value is -2.13. The fourth-order valence-corrected chi connectivity index (χ4v) is 2.92. The van der Waals surface area contributed by atoms with E-state index in [4.69, 9.17) is 5.11 Å². The molecule has 0 aliphatic heterocycles. The average molecular weight is 312 g/mol. The van der Waals surface area contributed by atoms with Gasteiger partial charge in [-0.25, -0.2) is 17.9 Å². The normalized spacial score (nSPS) is 11.7. The molecule has 2 N–H and O–H groups in total. The van der Waals surface area contributed by atoms with E-state index >= 15 is 0 Å². The Bertz CT molecular complexity index is 760. The average Bonchev–Trinajstić information content (AvgIpc) is 3.02. The van der Waals surface area contributed by atoms with Gasteiger partial charge in [-0.3, -0.25) is 4.68 Å². The van der Waals surface area contributed by atoms with Gasteiger partial charge in [0, 0.05) is 26.0 Å². The number of aromatic nitrogens is 3. The molecular weight excluding hydrogens is 296 g/mol. The summed E-state index contributed by atoms with van der Waals surface area (Å²) in [5.41, 5.74) is 0.519. The molecule has 9 heteroatoms. The lowest BCUT2D eigenvalue weighted by Crippen LogP contribution is -2.23. The zero-order valence-corrected chi connectivity index (χ0v) is 12.5. The molecular formula is C12H16N4O4S. The fraction of sp³-hybridized carbons (Fsp3) is 0.333. The van der Waals surface area contributed by atoms with E-state index in [-0.39, 0.29) is 17.1 Å². The third kappa shape index (κ3) is 3.31. The van der Waals surface area contributed by atoms with Gasteiger partial charge in [0.15, 0.2) is 0 Å². The van der Waals surface area contributed by atoms with Crippen LogP contribution in [0.4, 0.5) is 0 Å². The Kier molecular flexibility index (Phi) is 4.14. The quantitative estimate of drug-likeness (QED) is 0.804. The Morgan fingerprint density at radius 2 is 2.19 bits per heavy atom. The van der Waals surface area contributed by atoms with Crippen molar-refractivity contribution in [3.05, 3.63) is 35.9 Å². The van der Waals surface area contributed by atoms with Gasteiger partial charge in [0.1, 0.15) is 10.6 Å². The number of carboxylic acid groups (broad SMARTS) is 1. The van der Waals surface area contributed by atoms with Crippen LogP contribution in [0, 0.1) is 0 Å². The SMILES string of the molecule is CCn1cc(S(=O)(=O)NCc2ccn(C)n2)cc1C(=O)O. The summed E-state index contributed by atoms with van der Waals surface area (Å²) in [6.07, 6.45) is 3.02. The first-order valence-electron chi connectivity index (χ1n) is 6.25. The van der Waals surface area contributed by atoms with Gasteiger partial charge in [0.25, 0.3) is 0 Å². The molecule has 114 valence electrons. The highest BCUT2D eigenvalue weighted by Crippen LogP contribution is 2.15. The number of nitrogens with one attached hydrogen (secondary N) is 1. The maximum absolute atomic E-state index is 12.2. The third-order valence-corrected chi connectivity index (χ3v) is 4.32. The first kappa shape index (κ1) is 15.3. The molecule has 0 atom stereocenters. The number of carboxylic acids is 1. The van der Waals surface area contributed by atoms with Gasteiger partial charge in [-0.05, 0) is 19.1 Å². The minimum absolute atomic E-state index is 0.0445. The molecule has 0 fully saturated rings. The minimum Gasteiger partial charge on any atom is -0.477 e. The summed E-state index contributed by atoms with van der Waals surface area (Å²) in [4.78, 5) is 11.0. The highest BCUT2D eigenvalue weighted by atomic mass is 32.2. The number of hydrogen-bond donors (Lipinski definition) is 2. The lowest BCUT2D eigenvalue weighted by Gasteiger charge is -2.02. The van der Waals surface area contributed by atoms with Gasteiger partial charge < -0.3 is 9.67 Å². The Balaban J connectivity index is 2.21. The number of aryl methyl sites for hydroxylation is 2. The van der Waals surface area contributed by atoms with Crippen molar-refractivity contribution in [1.29, 1.82) is 0 Å². The maximum Gasteiger partial charge on any atom is 0.352 e. The number of rotatable bonds is 6. The molecule has 21 heavy (non-hydrogen) atoms. The van der Waals surface area contributed by atoms with Crippen LogP contribution in [0.3, 0.4) is 0 Å². The second-order valence-electron chi connectivity index (χ2n) is 4.46. The molecule has 2 rings (SSSR count). The summed E-state index contributed by atoms with van der Waals surface area (Å²) in [6.45, 7) is 2.16.